The largest absolute Gasteiger partial charge is 0.512 e. The van der Waals surface area contributed by atoms with Gasteiger partial charge in [-0.3, -0.25) is 9.78 Å². The van der Waals surface area contributed by atoms with Crippen LogP contribution >= 0.6 is 0 Å². The van der Waals surface area contributed by atoms with Crippen LogP contribution in [0.2, 0.25) is 0 Å². The summed E-state index contributed by atoms with van der Waals surface area (Å²) in [6.45, 7) is 23.0. The fraction of sp³-hybridized carbons (Fsp3) is 0.391. The quantitative estimate of drug-likeness (QED) is 0.0889. The molecule has 0 aliphatic carbocycles. The molecule has 0 saturated heterocycles. The van der Waals surface area contributed by atoms with Crippen LogP contribution in [0.5, 0.6) is 0 Å². The molecule has 0 aliphatic rings. The molecule has 6 heteroatoms. The molecule has 52 heavy (non-hydrogen) atoms. The normalized spacial score (nSPS) is 12.6. The van der Waals surface area contributed by atoms with Crippen LogP contribution in [0.15, 0.2) is 87.7 Å². The first-order valence-electron chi connectivity index (χ1n) is 18.4. The fourth-order valence-electron chi connectivity index (χ4n) is 6.58. The first-order chi connectivity index (χ1) is 24.1. The Labute approximate surface area is 323 Å². The number of aryl methyl sites for hydroxylation is 2. The molecule has 0 atom stereocenters. The number of benzene rings is 3. The molecule has 0 spiro atoms. The molecule has 5 nitrogen and oxygen atoms in total. The molecule has 3 aromatic heterocycles. The third-order valence-electron chi connectivity index (χ3n) is 11.3. The maximum Gasteiger partial charge on any atom is 0.164 e. The monoisotopic (exact) mass is 877 g/mol. The molecule has 3 aromatic carbocycles. The summed E-state index contributed by atoms with van der Waals surface area (Å²) in [6, 6.07) is 22.6. The average molecular weight is 877 g/mol. The number of hydrogen-bond acceptors (Lipinski definition) is 5. The predicted octanol–water partition coefficient (Wildman–Crippen LogP) is 13.4. The van der Waals surface area contributed by atoms with E-state index in [4.69, 9.17) is 13.8 Å². The maximum atomic E-state index is 12.2. The second-order valence-electron chi connectivity index (χ2n) is 15.5. The fourth-order valence-corrected chi connectivity index (χ4v) is 6.58. The predicted molar refractivity (Wildman–Crippen MR) is 212 cm³/mol. The van der Waals surface area contributed by atoms with Crippen LogP contribution in [0, 0.1) is 30.7 Å². The molecule has 0 unspecified atom stereocenters. The van der Waals surface area contributed by atoms with Gasteiger partial charge in [-0.1, -0.05) is 104 Å². The van der Waals surface area contributed by atoms with E-state index in [1.807, 2.05) is 53.8 Å². The number of fused-ring (bicyclic) bond motifs is 3. The van der Waals surface area contributed by atoms with E-state index in [1.54, 1.807) is 6.26 Å². The van der Waals surface area contributed by atoms with E-state index in [-0.39, 0.29) is 47.9 Å². The molecule has 1 N–H and O–H groups in total. The second-order valence-corrected chi connectivity index (χ2v) is 15.5. The van der Waals surface area contributed by atoms with Crippen LogP contribution in [-0.2, 0) is 30.3 Å². The molecule has 1 radical (unpaired) electrons. The third kappa shape index (κ3) is 7.84. The Morgan fingerprint density at radius 3 is 2.13 bits per heavy atom. The molecule has 0 saturated carbocycles. The maximum absolute atomic E-state index is 12.2. The van der Waals surface area contributed by atoms with Gasteiger partial charge in [0, 0.05) is 70.8 Å². The van der Waals surface area contributed by atoms with Gasteiger partial charge < -0.3 is 13.9 Å². The van der Waals surface area contributed by atoms with Gasteiger partial charge in [0.15, 0.2) is 5.78 Å². The summed E-state index contributed by atoms with van der Waals surface area (Å²) < 4.78 is 12.3. The summed E-state index contributed by atoms with van der Waals surface area (Å²) in [5, 5.41) is 14.6. The van der Waals surface area contributed by atoms with E-state index in [2.05, 4.69) is 89.2 Å². The Kier molecular flexibility index (Phi) is 12.5. The van der Waals surface area contributed by atoms with Crippen LogP contribution in [0.1, 0.15) is 105 Å². The average Bonchev–Trinajstić information content (AvgIpc) is 3.68. The minimum Gasteiger partial charge on any atom is -0.512 e. The van der Waals surface area contributed by atoms with Gasteiger partial charge in [0.05, 0.1) is 6.26 Å². The minimum atomic E-state index is -0.337. The molecule has 277 valence electrons. The van der Waals surface area contributed by atoms with Crippen molar-refractivity contribution in [2.75, 3.05) is 0 Å². The van der Waals surface area contributed by atoms with Gasteiger partial charge in [0.2, 0.25) is 0 Å². The Morgan fingerprint density at radius 2 is 1.50 bits per heavy atom. The number of pyridine rings is 1. The van der Waals surface area contributed by atoms with E-state index < -0.39 is 0 Å². The van der Waals surface area contributed by atoms with Gasteiger partial charge in [0.1, 0.15) is 22.7 Å². The summed E-state index contributed by atoms with van der Waals surface area (Å²) in [4.78, 5) is 16.9. The summed E-state index contributed by atoms with van der Waals surface area (Å²) in [7, 11) is 0. The molecular formula is C46H54IrNO4-. The third-order valence-corrected chi connectivity index (χ3v) is 11.3. The zero-order valence-corrected chi connectivity index (χ0v) is 35.1. The van der Waals surface area contributed by atoms with Crippen LogP contribution in [-0.4, -0.2) is 15.9 Å². The molecule has 3 heterocycles. The van der Waals surface area contributed by atoms with Gasteiger partial charge in [-0.15, -0.1) is 29.1 Å². The van der Waals surface area contributed by atoms with Crippen molar-refractivity contribution in [3.8, 4) is 22.6 Å². The molecule has 6 aromatic rings. The number of allylic oxidation sites excluding steroid dienone is 2. The van der Waals surface area contributed by atoms with E-state index >= 15 is 0 Å². The van der Waals surface area contributed by atoms with Crippen molar-refractivity contribution in [3.63, 3.8) is 0 Å². The van der Waals surface area contributed by atoms with E-state index in [0.717, 1.165) is 86.7 Å². The summed E-state index contributed by atoms with van der Waals surface area (Å²) >= 11 is 0. The zero-order chi connectivity index (χ0) is 37.3. The van der Waals surface area contributed by atoms with Crippen LogP contribution in [0.4, 0.5) is 0 Å². The number of carbonyl (C=O) groups excluding carboxylic acids is 1. The van der Waals surface area contributed by atoms with Crippen molar-refractivity contribution >= 4 is 38.5 Å². The minimum absolute atomic E-state index is 0. The Bertz CT molecular complexity index is 2220. The van der Waals surface area contributed by atoms with Crippen molar-refractivity contribution < 1.29 is 38.8 Å². The zero-order valence-electron chi connectivity index (χ0n) is 32.7. The number of aliphatic hydroxyl groups excluding tert-OH is 1. The second kappa shape index (κ2) is 15.9. The Morgan fingerprint density at radius 1 is 0.846 bits per heavy atom. The van der Waals surface area contributed by atoms with E-state index in [9.17, 15) is 9.90 Å². The number of furan rings is 2. The van der Waals surface area contributed by atoms with Crippen LogP contribution in [0.3, 0.4) is 0 Å². The Balaban J connectivity index is 0.000000289. The van der Waals surface area contributed by atoms with Gasteiger partial charge in [-0.05, 0) is 62.6 Å². The number of ketones is 1. The van der Waals surface area contributed by atoms with Gasteiger partial charge in [0.25, 0.3) is 0 Å². The van der Waals surface area contributed by atoms with Crippen molar-refractivity contribution in [1.29, 1.82) is 0 Å². The number of nitrogens with zero attached hydrogens (tertiary/aromatic N) is 1. The molecule has 6 rings (SSSR count). The van der Waals surface area contributed by atoms with E-state index in [1.165, 1.54) is 17.0 Å². The van der Waals surface area contributed by atoms with Crippen molar-refractivity contribution in [1.82, 2.24) is 4.98 Å². The molecule has 0 fully saturated rings. The Hall–Kier alpha value is -3.99. The molecule has 0 bridgehead atoms. The summed E-state index contributed by atoms with van der Waals surface area (Å²) in [6.07, 6.45) is 8.41. The van der Waals surface area contributed by atoms with Crippen molar-refractivity contribution in [2.24, 2.45) is 10.8 Å². The topological polar surface area (TPSA) is 76.5 Å². The standard InChI is InChI=1S/C31H26NO2.C15H28O2.Ir/c1-18-17-33-27-16-21(10-11-23(18)27)29-19(2)24-12-13-32-28(30(24)34-29)22-14-20-8-6-7-9-25(20)26(15-22)31(3,4)5;1-7-14(5,8-2)12(16)11-13(17)15(6,9-3)10-4;/h6-13,15-17H,1-5H3;11,16H,7-10H2,1-6H3;/q-1;;/b;12-11-;. The SMILES string of the molecule is CCC(C)(CC)C(=O)/C=C(\O)C(C)(CC)CC.Cc1coc2cc(-c3oc4c(-c5[c-]c6ccccc6c(C(C)(C)C)c5)nccc4c3C)ccc12.[Ir]. The number of aliphatic hydroxyl groups is 1. The van der Waals surface area contributed by atoms with Gasteiger partial charge in [-0.25, -0.2) is 0 Å². The van der Waals surface area contributed by atoms with Crippen LogP contribution in [0.25, 0.3) is 55.3 Å². The van der Waals surface area contributed by atoms with E-state index in [0.29, 0.717) is 0 Å². The molecule has 0 aliphatic heterocycles. The van der Waals surface area contributed by atoms with Gasteiger partial charge >= 0.3 is 0 Å². The number of carbonyl (C=O) groups is 1. The first-order valence-corrected chi connectivity index (χ1v) is 18.4. The van der Waals surface area contributed by atoms with Crippen molar-refractivity contribution in [2.45, 2.75) is 107 Å². The van der Waals surface area contributed by atoms with Crippen LogP contribution < -0.4 is 0 Å². The summed E-state index contributed by atoms with van der Waals surface area (Å²) in [5.74, 6) is 1.13. The number of rotatable bonds is 9. The van der Waals surface area contributed by atoms with Crippen molar-refractivity contribution in [3.05, 3.63) is 102 Å². The summed E-state index contributed by atoms with van der Waals surface area (Å²) in [5.41, 5.74) is 7.31. The molecular weight excluding hydrogens is 823 g/mol. The molecule has 0 amide bonds. The first kappa shape index (κ1) is 40.8. The van der Waals surface area contributed by atoms with Gasteiger partial charge in [-0.2, -0.15) is 0 Å². The number of aromatic nitrogens is 1. The smallest absolute Gasteiger partial charge is 0.164 e. The number of hydrogen-bond donors (Lipinski definition) is 1.